The first-order chi connectivity index (χ1) is 13.2. The maximum Gasteiger partial charge on any atom is 0.337 e. The molecule has 0 aromatic heterocycles. The minimum absolute atomic E-state index is 0.146. The molecule has 0 amide bonds. The highest BCUT2D eigenvalue weighted by atomic mass is 19.1. The molecular weight excluding hydrogens is 339 g/mol. The van der Waals surface area contributed by atoms with Crippen molar-refractivity contribution < 1.29 is 13.9 Å². The zero-order valence-corrected chi connectivity index (χ0v) is 16.6. The molecule has 0 saturated carbocycles. The number of halogens is 1. The maximum absolute atomic E-state index is 14.4. The van der Waals surface area contributed by atoms with E-state index in [-0.39, 0.29) is 11.8 Å². The summed E-state index contributed by atoms with van der Waals surface area (Å²) in [6.45, 7) is 2.23. The van der Waals surface area contributed by atoms with Crippen LogP contribution in [0.15, 0.2) is 42.5 Å². The highest BCUT2D eigenvalue weighted by Crippen LogP contribution is 2.24. The molecule has 3 heteroatoms. The molecule has 146 valence electrons. The van der Waals surface area contributed by atoms with Crippen molar-refractivity contribution in [3.8, 4) is 11.1 Å². The topological polar surface area (TPSA) is 26.3 Å². The van der Waals surface area contributed by atoms with Crippen molar-refractivity contribution in [3.63, 3.8) is 0 Å². The number of unbranched alkanes of at least 4 members (excludes halogenated alkanes) is 7. The summed E-state index contributed by atoms with van der Waals surface area (Å²) in [7, 11) is 1.36. The van der Waals surface area contributed by atoms with E-state index < -0.39 is 0 Å². The van der Waals surface area contributed by atoms with E-state index in [1.807, 2.05) is 24.3 Å². The van der Waals surface area contributed by atoms with Crippen LogP contribution in [0.5, 0.6) is 0 Å². The predicted octanol–water partition coefficient (Wildman–Crippen LogP) is 6.96. The molecule has 0 heterocycles. The molecule has 2 aromatic rings. The zero-order chi connectivity index (χ0) is 19.5. The normalized spacial score (nSPS) is 10.8. The van der Waals surface area contributed by atoms with Gasteiger partial charge in [-0.2, -0.15) is 0 Å². The van der Waals surface area contributed by atoms with Gasteiger partial charge in [-0.3, -0.25) is 0 Å². The lowest BCUT2D eigenvalue weighted by Crippen LogP contribution is -2.00. The van der Waals surface area contributed by atoms with E-state index in [1.54, 1.807) is 18.2 Å². The van der Waals surface area contributed by atoms with E-state index in [4.69, 9.17) is 4.74 Å². The Morgan fingerprint density at radius 3 is 2.04 bits per heavy atom. The number of hydrogen-bond acceptors (Lipinski definition) is 2. The highest BCUT2D eigenvalue weighted by Gasteiger charge is 2.08. The summed E-state index contributed by atoms with van der Waals surface area (Å²) in [5, 5.41) is 0. The molecule has 0 aliphatic carbocycles. The predicted molar refractivity (Wildman–Crippen MR) is 109 cm³/mol. The summed E-state index contributed by atoms with van der Waals surface area (Å²) >= 11 is 0. The molecule has 0 spiro atoms. The first-order valence-corrected chi connectivity index (χ1v) is 10.1. The van der Waals surface area contributed by atoms with Gasteiger partial charge in [-0.1, -0.05) is 76.1 Å². The van der Waals surface area contributed by atoms with Gasteiger partial charge < -0.3 is 4.74 Å². The average molecular weight is 371 g/mol. The first kappa shape index (κ1) is 21.1. The van der Waals surface area contributed by atoms with Gasteiger partial charge in [-0.05, 0) is 47.7 Å². The number of hydrogen-bond donors (Lipinski definition) is 0. The first-order valence-electron chi connectivity index (χ1n) is 10.1. The molecule has 0 bridgehead atoms. The number of esters is 1. The fourth-order valence-electron chi connectivity index (χ4n) is 3.30. The molecule has 27 heavy (non-hydrogen) atoms. The Morgan fingerprint density at radius 1 is 0.852 bits per heavy atom. The van der Waals surface area contributed by atoms with Gasteiger partial charge in [0.2, 0.25) is 0 Å². The molecule has 0 radical (unpaired) electrons. The summed E-state index contributed by atoms with van der Waals surface area (Å²) in [5.41, 5.74) is 2.99. The quantitative estimate of drug-likeness (QED) is 0.315. The van der Waals surface area contributed by atoms with E-state index in [1.165, 1.54) is 52.1 Å². The van der Waals surface area contributed by atoms with Crippen LogP contribution in [0.25, 0.3) is 11.1 Å². The lowest BCUT2D eigenvalue weighted by molar-refractivity contribution is 0.0601. The largest absolute Gasteiger partial charge is 0.465 e. The SMILES string of the molecule is CCCCCCCCCCc1ccc(-c2ccc(C(=O)OC)cc2)cc1F. The number of ether oxygens (including phenoxy) is 1. The van der Waals surface area contributed by atoms with Crippen LogP contribution in [0.3, 0.4) is 0 Å². The Hall–Kier alpha value is -2.16. The second-order valence-electron chi connectivity index (χ2n) is 7.10. The molecular formula is C24H31FO2. The number of benzene rings is 2. The van der Waals surface area contributed by atoms with Gasteiger partial charge in [0.25, 0.3) is 0 Å². The molecule has 0 atom stereocenters. The van der Waals surface area contributed by atoms with Gasteiger partial charge in [0, 0.05) is 0 Å². The third kappa shape index (κ3) is 6.82. The second kappa shape index (κ2) is 11.5. The standard InChI is InChI=1S/C24H31FO2/c1-3-4-5-6-7-8-9-10-11-20-14-17-22(18-23(20)25)19-12-15-21(16-13-19)24(26)27-2/h12-18H,3-11H2,1-2H3. The Balaban J connectivity index is 1.83. The Morgan fingerprint density at radius 2 is 1.44 bits per heavy atom. The van der Waals surface area contributed by atoms with Crippen molar-refractivity contribution in [1.29, 1.82) is 0 Å². The molecule has 0 aliphatic heterocycles. The number of methoxy groups -OCH3 is 1. The molecule has 0 fully saturated rings. The molecule has 2 nitrogen and oxygen atoms in total. The van der Waals surface area contributed by atoms with Gasteiger partial charge in [0.05, 0.1) is 12.7 Å². The molecule has 0 saturated heterocycles. The summed E-state index contributed by atoms with van der Waals surface area (Å²) in [5.74, 6) is -0.513. The van der Waals surface area contributed by atoms with Gasteiger partial charge in [0.1, 0.15) is 5.82 Å². The van der Waals surface area contributed by atoms with E-state index >= 15 is 0 Å². The molecule has 0 N–H and O–H groups in total. The van der Waals surface area contributed by atoms with Crippen molar-refractivity contribution in [2.24, 2.45) is 0 Å². The Labute approximate surface area is 162 Å². The third-order valence-corrected chi connectivity index (χ3v) is 4.99. The van der Waals surface area contributed by atoms with Gasteiger partial charge in [0.15, 0.2) is 0 Å². The number of carbonyl (C=O) groups is 1. The van der Waals surface area contributed by atoms with E-state index in [2.05, 4.69) is 6.92 Å². The van der Waals surface area contributed by atoms with Gasteiger partial charge >= 0.3 is 5.97 Å². The van der Waals surface area contributed by atoms with E-state index in [0.717, 1.165) is 29.5 Å². The van der Waals surface area contributed by atoms with Crippen molar-refractivity contribution >= 4 is 5.97 Å². The molecule has 2 rings (SSSR count). The minimum Gasteiger partial charge on any atom is -0.465 e. The summed E-state index contributed by atoms with van der Waals surface area (Å²) in [4.78, 5) is 11.5. The van der Waals surface area contributed by atoms with Crippen molar-refractivity contribution in [1.82, 2.24) is 0 Å². The minimum atomic E-state index is -0.367. The summed E-state index contributed by atoms with van der Waals surface area (Å²) in [6.07, 6.45) is 10.8. The van der Waals surface area contributed by atoms with Crippen LogP contribution in [0.4, 0.5) is 4.39 Å². The molecule has 2 aromatic carbocycles. The number of aryl methyl sites for hydroxylation is 1. The van der Waals surface area contributed by atoms with Gasteiger partial charge in [-0.25, -0.2) is 9.18 Å². The van der Waals surface area contributed by atoms with Crippen molar-refractivity contribution in [3.05, 3.63) is 59.4 Å². The average Bonchev–Trinajstić information content (AvgIpc) is 2.70. The Bertz CT molecular complexity index is 707. The van der Waals surface area contributed by atoms with Gasteiger partial charge in [-0.15, -0.1) is 0 Å². The van der Waals surface area contributed by atoms with Crippen LogP contribution in [-0.4, -0.2) is 13.1 Å². The van der Waals surface area contributed by atoms with Crippen molar-refractivity contribution in [2.45, 2.75) is 64.7 Å². The number of rotatable bonds is 11. The van der Waals surface area contributed by atoms with Crippen LogP contribution >= 0.6 is 0 Å². The molecule has 0 aliphatic rings. The number of carbonyl (C=O) groups excluding carboxylic acids is 1. The Kier molecular flexibility index (Phi) is 9.03. The van der Waals surface area contributed by atoms with Crippen LogP contribution in [0, 0.1) is 5.82 Å². The van der Waals surface area contributed by atoms with Crippen molar-refractivity contribution in [2.75, 3.05) is 7.11 Å². The summed E-state index contributed by atoms with van der Waals surface area (Å²) in [6, 6.07) is 12.5. The van der Waals surface area contributed by atoms with Crippen LogP contribution in [0.1, 0.15) is 74.2 Å². The second-order valence-corrected chi connectivity index (χ2v) is 7.10. The third-order valence-electron chi connectivity index (χ3n) is 4.99. The fraction of sp³-hybridized carbons (Fsp3) is 0.458. The lowest BCUT2D eigenvalue weighted by Gasteiger charge is -2.08. The maximum atomic E-state index is 14.4. The van der Waals surface area contributed by atoms with Crippen LogP contribution in [0.2, 0.25) is 0 Å². The summed E-state index contributed by atoms with van der Waals surface area (Å²) < 4.78 is 19.1. The highest BCUT2D eigenvalue weighted by molar-refractivity contribution is 5.89. The fourth-order valence-corrected chi connectivity index (χ4v) is 3.30. The van der Waals surface area contributed by atoms with Crippen LogP contribution in [-0.2, 0) is 11.2 Å². The van der Waals surface area contributed by atoms with E-state index in [9.17, 15) is 9.18 Å². The van der Waals surface area contributed by atoms with Crippen LogP contribution < -0.4 is 0 Å². The van der Waals surface area contributed by atoms with E-state index in [0.29, 0.717) is 5.56 Å². The zero-order valence-electron chi connectivity index (χ0n) is 16.6. The monoisotopic (exact) mass is 370 g/mol. The smallest absolute Gasteiger partial charge is 0.337 e. The molecule has 0 unspecified atom stereocenters. The lowest BCUT2D eigenvalue weighted by atomic mass is 9.99.